The van der Waals surface area contributed by atoms with Crippen molar-refractivity contribution in [2.75, 3.05) is 6.54 Å². The van der Waals surface area contributed by atoms with Gasteiger partial charge in [0.15, 0.2) is 0 Å². The fraction of sp³-hybridized carbons (Fsp3) is 0.833. The lowest BCUT2D eigenvalue weighted by Gasteiger charge is -1.98. The van der Waals surface area contributed by atoms with Gasteiger partial charge in [-0.15, -0.1) is 11.8 Å². The van der Waals surface area contributed by atoms with E-state index in [2.05, 4.69) is 11.8 Å². The molecule has 0 unspecified atom stereocenters. The van der Waals surface area contributed by atoms with Crippen LogP contribution in [0.15, 0.2) is 0 Å². The Balaban J connectivity index is 3.15. The summed E-state index contributed by atoms with van der Waals surface area (Å²) in [5.74, 6) is 5.70. The number of hydrogen-bond donors (Lipinski definition) is 1. The summed E-state index contributed by atoms with van der Waals surface area (Å²) in [6.45, 7) is 0.102. The van der Waals surface area contributed by atoms with E-state index < -0.39 is 5.97 Å². The zero-order valence-electron chi connectivity index (χ0n) is 14.2. The molecule has 0 aliphatic heterocycles. The lowest BCUT2D eigenvalue weighted by atomic mass is 10.1. The molecule has 5 nitrogen and oxygen atoms in total. The highest BCUT2D eigenvalue weighted by atomic mass is 16.6. The average Bonchev–Trinajstić information content (AvgIpc) is 2.49. The van der Waals surface area contributed by atoms with Crippen LogP contribution in [0.2, 0.25) is 0 Å². The Morgan fingerprint density at radius 3 is 1.70 bits per heavy atom. The summed E-state index contributed by atoms with van der Waals surface area (Å²) in [5, 5.41) is 18.6. The van der Waals surface area contributed by atoms with Gasteiger partial charge < -0.3 is 5.11 Å². The number of nitrogens with zero attached hydrogens (tertiary/aromatic N) is 1. The fourth-order valence-electron chi connectivity index (χ4n) is 2.36. The van der Waals surface area contributed by atoms with Gasteiger partial charge in [0, 0.05) is 30.6 Å². The summed E-state index contributed by atoms with van der Waals surface area (Å²) in [5.41, 5.74) is 0. The van der Waals surface area contributed by atoms with E-state index in [4.69, 9.17) is 5.11 Å². The third-order valence-electron chi connectivity index (χ3n) is 3.71. The van der Waals surface area contributed by atoms with E-state index in [0.717, 1.165) is 77.0 Å². The molecule has 0 rings (SSSR count). The van der Waals surface area contributed by atoms with Crippen molar-refractivity contribution in [3.8, 4) is 11.8 Å². The first-order valence-corrected chi connectivity index (χ1v) is 8.92. The van der Waals surface area contributed by atoms with Crippen LogP contribution in [0.3, 0.4) is 0 Å². The first kappa shape index (κ1) is 21.4. The van der Waals surface area contributed by atoms with Crippen LogP contribution in [0.5, 0.6) is 0 Å². The number of rotatable bonds is 15. The minimum absolute atomic E-state index is 0.102. The SMILES string of the molecule is O=C(O)CCCCCCCC#CCCCCCCCC[N+](=O)[O-]. The third-order valence-corrected chi connectivity index (χ3v) is 3.71. The van der Waals surface area contributed by atoms with Crippen LogP contribution in [-0.4, -0.2) is 22.5 Å². The molecule has 23 heavy (non-hydrogen) atoms. The number of unbranched alkanes of at least 4 members (excludes halogenated alkanes) is 11. The van der Waals surface area contributed by atoms with Crippen molar-refractivity contribution in [2.45, 2.75) is 89.9 Å². The van der Waals surface area contributed by atoms with Crippen LogP contribution in [0.1, 0.15) is 89.9 Å². The molecule has 0 aliphatic rings. The fourth-order valence-corrected chi connectivity index (χ4v) is 2.36. The minimum atomic E-state index is -0.701. The highest BCUT2D eigenvalue weighted by Gasteiger charge is 1.97. The molecular formula is C18H31NO4. The van der Waals surface area contributed by atoms with Crippen molar-refractivity contribution in [1.29, 1.82) is 0 Å². The number of hydrogen-bond acceptors (Lipinski definition) is 3. The predicted octanol–water partition coefficient (Wildman–Crippen LogP) is 4.81. The second-order valence-corrected chi connectivity index (χ2v) is 5.94. The van der Waals surface area contributed by atoms with Crippen LogP contribution >= 0.6 is 0 Å². The van der Waals surface area contributed by atoms with Crippen LogP contribution in [-0.2, 0) is 4.79 Å². The quantitative estimate of drug-likeness (QED) is 0.203. The first-order valence-electron chi connectivity index (χ1n) is 8.92. The molecule has 0 amide bonds. The molecule has 1 N–H and O–H groups in total. The van der Waals surface area contributed by atoms with Crippen molar-refractivity contribution in [3.05, 3.63) is 10.1 Å². The zero-order valence-corrected chi connectivity index (χ0v) is 14.2. The molecule has 0 bridgehead atoms. The van der Waals surface area contributed by atoms with Crippen molar-refractivity contribution in [3.63, 3.8) is 0 Å². The van der Waals surface area contributed by atoms with Gasteiger partial charge in [-0.2, -0.15) is 0 Å². The molecule has 5 heteroatoms. The number of carboxylic acid groups (broad SMARTS) is 1. The van der Waals surface area contributed by atoms with E-state index >= 15 is 0 Å². The lowest BCUT2D eigenvalue weighted by molar-refractivity contribution is -0.480. The maximum Gasteiger partial charge on any atom is 0.303 e. The zero-order chi connectivity index (χ0) is 17.2. The van der Waals surface area contributed by atoms with Crippen molar-refractivity contribution in [2.24, 2.45) is 0 Å². The van der Waals surface area contributed by atoms with Crippen LogP contribution in [0.25, 0.3) is 0 Å². The van der Waals surface area contributed by atoms with E-state index in [0.29, 0.717) is 6.42 Å². The topological polar surface area (TPSA) is 80.4 Å². The second-order valence-electron chi connectivity index (χ2n) is 5.94. The molecule has 0 aliphatic carbocycles. The third kappa shape index (κ3) is 20.4. The standard InChI is InChI=1S/C18H31NO4/c20-18(21)16-14-12-10-8-6-4-2-1-3-5-7-9-11-13-15-17-19(22)23/h3-17H2,(H,20,21). The van der Waals surface area contributed by atoms with Crippen LogP contribution < -0.4 is 0 Å². The van der Waals surface area contributed by atoms with Crippen molar-refractivity contribution < 1.29 is 14.8 Å². The van der Waals surface area contributed by atoms with Gasteiger partial charge in [0.25, 0.3) is 0 Å². The normalized spacial score (nSPS) is 10.1. The average molecular weight is 325 g/mol. The Morgan fingerprint density at radius 2 is 1.22 bits per heavy atom. The Hall–Kier alpha value is -1.57. The van der Waals surface area contributed by atoms with Gasteiger partial charge in [-0.1, -0.05) is 38.5 Å². The molecular weight excluding hydrogens is 294 g/mol. The van der Waals surface area contributed by atoms with Gasteiger partial charge in [-0.3, -0.25) is 14.9 Å². The molecule has 0 saturated carbocycles. The summed E-state index contributed by atoms with van der Waals surface area (Å²) in [6, 6.07) is 0. The van der Waals surface area contributed by atoms with Gasteiger partial charge in [0.05, 0.1) is 0 Å². The predicted molar refractivity (Wildman–Crippen MR) is 91.9 cm³/mol. The van der Waals surface area contributed by atoms with E-state index in [1.165, 1.54) is 0 Å². The number of aliphatic carboxylic acids is 1. The first-order chi connectivity index (χ1) is 11.1. The highest BCUT2D eigenvalue weighted by molar-refractivity contribution is 5.66. The van der Waals surface area contributed by atoms with Crippen LogP contribution in [0, 0.1) is 22.0 Å². The van der Waals surface area contributed by atoms with E-state index in [1.54, 1.807) is 0 Å². The van der Waals surface area contributed by atoms with Gasteiger partial charge in [-0.25, -0.2) is 0 Å². The molecule has 0 spiro atoms. The number of nitro groups is 1. The Kier molecular flexibility index (Phi) is 15.6. The maximum absolute atomic E-state index is 10.3. The maximum atomic E-state index is 10.3. The molecule has 0 heterocycles. The van der Waals surface area contributed by atoms with Gasteiger partial charge >= 0.3 is 5.97 Å². The minimum Gasteiger partial charge on any atom is -0.481 e. The molecule has 132 valence electrons. The summed E-state index contributed by atoms with van der Waals surface area (Å²) in [6.07, 6.45) is 13.5. The molecule has 0 aromatic rings. The van der Waals surface area contributed by atoms with E-state index in [-0.39, 0.29) is 17.9 Å². The smallest absolute Gasteiger partial charge is 0.303 e. The number of carboxylic acids is 1. The molecule has 0 aromatic heterocycles. The summed E-state index contributed by atoms with van der Waals surface area (Å²) >= 11 is 0. The van der Waals surface area contributed by atoms with Gasteiger partial charge in [-0.05, 0) is 25.7 Å². The highest BCUT2D eigenvalue weighted by Crippen LogP contribution is 2.08. The molecule has 0 fully saturated rings. The molecule has 0 radical (unpaired) electrons. The van der Waals surface area contributed by atoms with Crippen LogP contribution in [0.4, 0.5) is 0 Å². The Morgan fingerprint density at radius 1 is 0.783 bits per heavy atom. The summed E-state index contributed by atoms with van der Waals surface area (Å²) in [7, 11) is 0. The monoisotopic (exact) mass is 325 g/mol. The van der Waals surface area contributed by atoms with Gasteiger partial charge in [0.1, 0.15) is 0 Å². The molecule has 0 saturated heterocycles. The van der Waals surface area contributed by atoms with Crippen molar-refractivity contribution >= 4 is 5.97 Å². The largest absolute Gasteiger partial charge is 0.481 e. The lowest BCUT2D eigenvalue weighted by Crippen LogP contribution is -1.99. The van der Waals surface area contributed by atoms with E-state index in [1.807, 2.05) is 0 Å². The summed E-state index contributed by atoms with van der Waals surface area (Å²) < 4.78 is 0. The Labute approximate surface area is 140 Å². The summed E-state index contributed by atoms with van der Waals surface area (Å²) in [4.78, 5) is 20.2. The second kappa shape index (κ2) is 16.8. The van der Waals surface area contributed by atoms with Gasteiger partial charge in [0.2, 0.25) is 6.54 Å². The molecule has 0 aromatic carbocycles. The molecule has 0 atom stereocenters. The number of carbonyl (C=O) groups is 1. The Bertz CT molecular complexity index is 371. The van der Waals surface area contributed by atoms with Crippen molar-refractivity contribution in [1.82, 2.24) is 0 Å². The van der Waals surface area contributed by atoms with E-state index in [9.17, 15) is 14.9 Å².